The zero-order valence-electron chi connectivity index (χ0n) is 20.6. The van der Waals surface area contributed by atoms with Crippen LogP contribution in [0, 0.1) is 13.8 Å². The Morgan fingerprint density at radius 2 is 1.63 bits per heavy atom. The molecule has 0 atom stereocenters. The van der Waals surface area contributed by atoms with Crippen molar-refractivity contribution in [1.29, 1.82) is 0 Å². The van der Waals surface area contributed by atoms with E-state index in [4.69, 9.17) is 4.74 Å². The minimum absolute atomic E-state index is 0. The first-order valence-corrected chi connectivity index (χ1v) is 12.3. The average Bonchev–Trinajstić information content (AvgIpc) is 3.22. The third kappa shape index (κ3) is 8.35. The molecule has 0 unspecified atom stereocenters. The van der Waals surface area contributed by atoms with Crippen molar-refractivity contribution in [2.75, 3.05) is 31.5 Å². The van der Waals surface area contributed by atoms with Crippen molar-refractivity contribution in [3.05, 3.63) is 75.2 Å². The molecule has 1 heterocycles. The van der Waals surface area contributed by atoms with E-state index in [-0.39, 0.29) is 24.2 Å². The lowest BCUT2D eigenvalue weighted by Crippen LogP contribution is -2.34. The van der Waals surface area contributed by atoms with Gasteiger partial charge >= 0.3 is 0 Å². The van der Waals surface area contributed by atoms with Crippen LogP contribution in [0.1, 0.15) is 50.1 Å². The van der Waals surface area contributed by atoms with Crippen LogP contribution in [0.4, 0.5) is 5.69 Å². The number of likely N-dealkylation sites (N-methyl/N-ethyl adjacent to an activating group) is 1. The van der Waals surface area contributed by atoms with Crippen molar-refractivity contribution in [3.8, 4) is 5.75 Å². The summed E-state index contributed by atoms with van der Waals surface area (Å²) in [7, 11) is 0. The molecule has 0 spiro atoms. The van der Waals surface area contributed by atoms with Crippen molar-refractivity contribution >= 4 is 41.2 Å². The molecule has 35 heavy (non-hydrogen) atoms. The van der Waals surface area contributed by atoms with Gasteiger partial charge in [0, 0.05) is 24.3 Å². The molecule has 0 fully saturated rings. The maximum Gasteiger partial charge on any atom is 0.267 e. The molecule has 0 saturated heterocycles. The number of nitrogens with zero attached hydrogens (tertiary/aromatic N) is 2. The molecule has 0 saturated carbocycles. The Hall–Kier alpha value is -2.94. The van der Waals surface area contributed by atoms with Crippen LogP contribution in [0.5, 0.6) is 5.75 Å². The maximum absolute atomic E-state index is 12.8. The van der Waals surface area contributed by atoms with Gasteiger partial charge in [0.15, 0.2) is 0 Å². The predicted molar refractivity (Wildman–Crippen MR) is 144 cm³/mol. The minimum atomic E-state index is -0.229. The van der Waals surface area contributed by atoms with Gasteiger partial charge in [0.05, 0.1) is 5.69 Å². The van der Waals surface area contributed by atoms with E-state index in [1.807, 2.05) is 38.1 Å². The summed E-state index contributed by atoms with van der Waals surface area (Å²) in [6, 6.07) is 14.7. The highest BCUT2D eigenvalue weighted by molar-refractivity contribution is 7.13. The lowest BCUT2D eigenvalue weighted by molar-refractivity contribution is 0.0948. The second-order valence-electron chi connectivity index (χ2n) is 7.94. The zero-order valence-corrected chi connectivity index (χ0v) is 22.2. The van der Waals surface area contributed by atoms with Crippen LogP contribution >= 0.6 is 23.7 Å². The van der Waals surface area contributed by atoms with Crippen LogP contribution < -0.4 is 15.4 Å². The Morgan fingerprint density at radius 1 is 0.971 bits per heavy atom. The number of aromatic nitrogens is 1. The molecule has 1 aromatic heterocycles. The molecular weight excluding hydrogens is 484 g/mol. The Kier molecular flexibility index (Phi) is 11.2. The molecule has 0 bridgehead atoms. The summed E-state index contributed by atoms with van der Waals surface area (Å²) in [5, 5.41) is 6.55. The number of hydrogen-bond acceptors (Lipinski definition) is 6. The van der Waals surface area contributed by atoms with Crippen molar-refractivity contribution in [2.45, 2.75) is 34.3 Å². The summed E-state index contributed by atoms with van der Waals surface area (Å²) < 4.78 is 5.78. The van der Waals surface area contributed by atoms with E-state index in [0.717, 1.165) is 30.4 Å². The zero-order chi connectivity index (χ0) is 24.5. The highest BCUT2D eigenvalue weighted by Gasteiger charge is 2.16. The number of ether oxygens (including phenoxy) is 1. The third-order valence-corrected chi connectivity index (χ3v) is 6.57. The average molecular weight is 517 g/mol. The molecule has 3 aromatic rings. The molecule has 0 aliphatic heterocycles. The number of anilines is 1. The number of hydrogen-bond donors (Lipinski definition) is 2. The summed E-state index contributed by atoms with van der Waals surface area (Å²) >= 11 is 1.32. The van der Waals surface area contributed by atoms with Crippen molar-refractivity contribution < 1.29 is 14.3 Å². The number of carbonyl (C=O) groups is 2. The monoisotopic (exact) mass is 516 g/mol. The van der Waals surface area contributed by atoms with Crippen LogP contribution in [0.25, 0.3) is 0 Å². The highest BCUT2D eigenvalue weighted by Crippen LogP contribution is 2.22. The van der Waals surface area contributed by atoms with Gasteiger partial charge < -0.3 is 20.3 Å². The molecule has 0 radical (unpaired) electrons. The Bertz CT molecular complexity index is 1100. The fourth-order valence-corrected chi connectivity index (χ4v) is 4.24. The molecule has 2 N–H and O–H groups in total. The van der Waals surface area contributed by atoms with Gasteiger partial charge in [-0.1, -0.05) is 31.5 Å². The van der Waals surface area contributed by atoms with Crippen LogP contribution in [0.3, 0.4) is 0 Å². The van der Waals surface area contributed by atoms with Gasteiger partial charge in [-0.15, -0.1) is 23.7 Å². The second kappa shape index (κ2) is 13.8. The first-order valence-electron chi connectivity index (χ1n) is 11.5. The predicted octanol–water partition coefficient (Wildman–Crippen LogP) is 5.08. The molecule has 2 aromatic carbocycles. The topological polar surface area (TPSA) is 83.6 Å². The Morgan fingerprint density at radius 3 is 2.26 bits per heavy atom. The fraction of sp³-hybridized carbons (Fsp3) is 0.346. The molecule has 188 valence electrons. The largest absolute Gasteiger partial charge is 0.486 e. The van der Waals surface area contributed by atoms with Gasteiger partial charge in [0.2, 0.25) is 0 Å². The van der Waals surface area contributed by atoms with Crippen molar-refractivity contribution in [3.63, 3.8) is 0 Å². The third-order valence-electron chi connectivity index (χ3n) is 5.44. The summed E-state index contributed by atoms with van der Waals surface area (Å²) in [4.78, 5) is 32.4. The number of amides is 2. The smallest absolute Gasteiger partial charge is 0.267 e. The number of rotatable bonds is 11. The van der Waals surface area contributed by atoms with Crippen LogP contribution in [0.15, 0.2) is 48.5 Å². The summed E-state index contributed by atoms with van der Waals surface area (Å²) in [5.74, 6) is 0.413. The lowest BCUT2D eigenvalue weighted by Gasteiger charge is -2.17. The number of thiazole rings is 1. The number of benzene rings is 2. The highest BCUT2D eigenvalue weighted by atomic mass is 35.5. The van der Waals surface area contributed by atoms with Crippen LogP contribution in [-0.2, 0) is 6.61 Å². The standard InChI is InChI=1S/C26H32N4O3S.ClH/c1-5-30(6-2)16-15-27-25(31)20-9-11-21(12-10-20)29-26(32)24-19(4)28-23(34-24)17-33-22-13-7-18(3)8-14-22;/h7-14H,5-6,15-17H2,1-4H3,(H,27,31)(H,29,32);1H. The number of aryl methyl sites for hydroxylation is 2. The SMILES string of the molecule is CCN(CC)CCNC(=O)c1ccc(NC(=O)c2sc(COc3ccc(C)cc3)nc2C)cc1.Cl. The van der Waals surface area contributed by atoms with E-state index in [9.17, 15) is 9.59 Å². The molecule has 3 rings (SSSR count). The van der Waals surface area contributed by atoms with E-state index >= 15 is 0 Å². The second-order valence-corrected chi connectivity index (χ2v) is 9.02. The Labute approximate surface area is 217 Å². The first-order chi connectivity index (χ1) is 16.4. The lowest BCUT2D eigenvalue weighted by atomic mass is 10.2. The molecule has 2 amide bonds. The van der Waals surface area contributed by atoms with Crippen LogP contribution in [0.2, 0.25) is 0 Å². The summed E-state index contributed by atoms with van der Waals surface area (Å²) in [6.07, 6.45) is 0. The Balaban J connectivity index is 0.00000432. The van der Waals surface area contributed by atoms with Crippen LogP contribution in [-0.4, -0.2) is 47.9 Å². The molecular formula is C26H33ClN4O3S. The minimum Gasteiger partial charge on any atom is -0.486 e. The molecule has 7 nitrogen and oxygen atoms in total. The first kappa shape index (κ1) is 28.3. The summed E-state index contributed by atoms with van der Waals surface area (Å²) in [5.41, 5.74) is 3.01. The number of carbonyl (C=O) groups excluding carboxylic acids is 2. The quantitative estimate of drug-likeness (QED) is 0.371. The van der Waals surface area contributed by atoms with Crippen molar-refractivity contribution in [1.82, 2.24) is 15.2 Å². The van der Waals surface area contributed by atoms with E-state index in [1.165, 1.54) is 16.9 Å². The normalized spacial score (nSPS) is 10.5. The molecule has 9 heteroatoms. The van der Waals surface area contributed by atoms with Crippen molar-refractivity contribution in [2.24, 2.45) is 0 Å². The van der Waals surface area contributed by atoms with E-state index in [0.29, 0.717) is 35.0 Å². The van der Waals surface area contributed by atoms with Gasteiger partial charge in [-0.2, -0.15) is 0 Å². The van der Waals surface area contributed by atoms with E-state index in [1.54, 1.807) is 24.3 Å². The van der Waals surface area contributed by atoms with Gasteiger partial charge in [-0.25, -0.2) is 4.98 Å². The molecule has 0 aliphatic carbocycles. The number of nitrogens with one attached hydrogen (secondary N) is 2. The van der Waals surface area contributed by atoms with E-state index < -0.39 is 0 Å². The van der Waals surface area contributed by atoms with Gasteiger partial charge in [0.1, 0.15) is 22.2 Å². The number of halogens is 1. The maximum atomic E-state index is 12.8. The summed E-state index contributed by atoms with van der Waals surface area (Å²) in [6.45, 7) is 11.7. The van der Waals surface area contributed by atoms with Gasteiger partial charge in [0.25, 0.3) is 11.8 Å². The fourth-order valence-electron chi connectivity index (χ4n) is 3.37. The van der Waals surface area contributed by atoms with Gasteiger partial charge in [-0.3, -0.25) is 9.59 Å². The van der Waals surface area contributed by atoms with E-state index in [2.05, 4.69) is 34.4 Å². The molecule has 0 aliphatic rings. The van der Waals surface area contributed by atoms with Gasteiger partial charge in [-0.05, 0) is 63.3 Å².